The van der Waals surface area contributed by atoms with Crippen LogP contribution in [0.2, 0.25) is 0 Å². The molecule has 1 aromatic rings. The molecule has 8 nitrogen and oxygen atoms in total. The molecule has 0 radical (unpaired) electrons. The maximum absolute atomic E-state index is 11.2. The van der Waals surface area contributed by atoms with Gasteiger partial charge in [0.15, 0.2) is 0 Å². The minimum atomic E-state index is -0.647. The van der Waals surface area contributed by atoms with Crippen LogP contribution in [0.3, 0.4) is 0 Å². The van der Waals surface area contributed by atoms with Crippen LogP contribution in [0.15, 0.2) is 23.3 Å². The maximum Gasteiger partial charge on any atom is 0.301 e. The monoisotopic (exact) mass is 346 g/mol. The second-order valence-electron chi connectivity index (χ2n) is 7.71. The number of benzene rings is 1. The van der Waals surface area contributed by atoms with Crippen LogP contribution in [-0.2, 0) is 0 Å². The van der Waals surface area contributed by atoms with Crippen LogP contribution >= 0.6 is 0 Å². The minimum Gasteiger partial charge on any atom is -0.272 e. The molecule has 2 bridgehead atoms. The zero-order valence-electron chi connectivity index (χ0n) is 14.6. The van der Waals surface area contributed by atoms with Gasteiger partial charge in [0.2, 0.25) is 0 Å². The molecule has 2 fully saturated rings. The third-order valence-electron chi connectivity index (χ3n) is 6.50. The summed E-state index contributed by atoms with van der Waals surface area (Å²) in [6.45, 7) is 6.76. The second kappa shape index (κ2) is 5.79. The highest BCUT2D eigenvalue weighted by Crippen LogP contribution is 2.61. The van der Waals surface area contributed by atoms with Crippen LogP contribution in [0.4, 0.5) is 17.1 Å². The number of hydrogen-bond donors (Lipinski definition) is 1. The Morgan fingerprint density at radius 2 is 1.88 bits per heavy atom. The number of nitro benzene ring substituents is 2. The highest BCUT2D eigenvalue weighted by atomic mass is 16.6. The first-order valence-corrected chi connectivity index (χ1v) is 8.43. The summed E-state index contributed by atoms with van der Waals surface area (Å²) in [6.07, 6.45) is 4.19. The van der Waals surface area contributed by atoms with Crippen LogP contribution in [0, 0.1) is 37.0 Å². The molecule has 0 heterocycles. The summed E-state index contributed by atoms with van der Waals surface area (Å²) in [7, 11) is 0. The molecule has 0 aromatic heterocycles. The molecule has 2 atom stereocenters. The van der Waals surface area contributed by atoms with Crippen molar-refractivity contribution in [1.29, 1.82) is 0 Å². The SMILES string of the molecule is CC1(C)[C@H]2CCC(=NNc3ccc([N+](=O)[O-])cc3[N+](=O)[O-])[C@]1(C)CC2. The topological polar surface area (TPSA) is 111 Å². The number of fused-ring (bicyclic) bond motifs is 2. The number of nitrogens with one attached hydrogen (secondary N) is 1. The predicted octanol–water partition coefficient (Wildman–Crippen LogP) is 4.51. The molecule has 25 heavy (non-hydrogen) atoms. The lowest BCUT2D eigenvalue weighted by Gasteiger charge is -2.46. The lowest BCUT2D eigenvalue weighted by molar-refractivity contribution is -0.393. The number of nitro groups is 2. The van der Waals surface area contributed by atoms with E-state index in [1.165, 1.54) is 18.6 Å². The lowest BCUT2D eigenvalue weighted by Crippen LogP contribution is -2.44. The van der Waals surface area contributed by atoms with Gasteiger partial charge in [0, 0.05) is 17.2 Å². The predicted molar refractivity (Wildman–Crippen MR) is 94.7 cm³/mol. The van der Waals surface area contributed by atoms with Gasteiger partial charge in [0.25, 0.3) is 5.69 Å². The van der Waals surface area contributed by atoms with Gasteiger partial charge in [0.1, 0.15) is 5.69 Å². The number of non-ortho nitro benzene ring substituents is 1. The molecule has 0 aliphatic heterocycles. The molecule has 2 aliphatic rings. The molecular formula is C17H22N4O4. The van der Waals surface area contributed by atoms with Crippen molar-refractivity contribution in [3.8, 4) is 0 Å². The molecule has 1 N–H and O–H groups in total. The van der Waals surface area contributed by atoms with Gasteiger partial charge in [-0.25, -0.2) is 0 Å². The minimum absolute atomic E-state index is 0.0293. The summed E-state index contributed by atoms with van der Waals surface area (Å²) >= 11 is 0. The Balaban J connectivity index is 1.92. The van der Waals surface area contributed by atoms with Crippen molar-refractivity contribution in [3.63, 3.8) is 0 Å². The van der Waals surface area contributed by atoms with Crippen LogP contribution < -0.4 is 5.43 Å². The summed E-state index contributed by atoms with van der Waals surface area (Å²) in [6, 6.07) is 3.54. The zero-order valence-corrected chi connectivity index (χ0v) is 14.6. The van der Waals surface area contributed by atoms with E-state index in [1.807, 2.05) is 0 Å². The molecule has 0 spiro atoms. The molecule has 3 rings (SSSR count). The Labute approximate surface area is 145 Å². The van der Waals surface area contributed by atoms with Crippen molar-refractivity contribution < 1.29 is 9.85 Å². The van der Waals surface area contributed by atoms with E-state index in [9.17, 15) is 20.2 Å². The normalized spacial score (nSPS) is 28.8. The van der Waals surface area contributed by atoms with Crippen LogP contribution in [0.5, 0.6) is 0 Å². The average Bonchev–Trinajstić information content (AvgIpc) is 2.69. The van der Waals surface area contributed by atoms with E-state index in [0.29, 0.717) is 5.92 Å². The summed E-state index contributed by atoms with van der Waals surface area (Å²) in [5.41, 5.74) is 3.46. The Hall–Kier alpha value is -2.51. The van der Waals surface area contributed by atoms with E-state index >= 15 is 0 Å². The molecule has 0 amide bonds. The third-order valence-corrected chi connectivity index (χ3v) is 6.50. The van der Waals surface area contributed by atoms with Gasteiger partial charge in [-0.2, -0.15) is 5.10 Å². The molecule has 134 valence electrons. The number of rotatable bonds is 4. The quantitative estimate of drug-likeness (QED) is 0.637. The van der Waals surface area contributed by atoms with Gasteiger partial charge >= 0.3 is 5.69 Å². The fourth-order valence-electron chi connectivity index (χ4n) is 4.39. The fourth-order valence-corrected chi connectivity index (χ4v) is 4.39. The van der Waals surface area contributed by atoms with Gasteiger partial charge in [-0.15, -0.1) is 0 Å². The van der Waals surface area contributed by atoms with Crippen molar-refractivity contribution in [2.75, 3.05) is 5.43 Å². The van der Waals surface area contributed by atoms with Gasteiger partial charge < -0.3 is 0 Å². The molecule has 8 heteroatoms. The highest BCUT2D eigenvalue weighted by Gasteiger charge is 2.56. The molecule has 2 saturated carbocycles. The number of anilines is 1. The average molecular weight is 346 g/mol. The van der Waals surface area contributed by atoms with Gasteiger partial charge in [-0.1, -0.05) is 20.8 Å². The van der Waals surface area contributed by atoms with E-state index in [1.54, 1.807) is 0 Å². The van der Waals surface area contributed by atoms with E-state index < -0.39 is 9.85 Å². The number of nitrogens with zero attached hydrogens (tertiary/aromatic N) is 3. The Kier molecular flexibility index (Phi) is 4.01. The van der Waals surface area contributed by atoms with Crippen molar-refractivity contribution >= 4 is 22.8 Å². The van der Waals surface area contributed by atoms with Crippen LogP contribution in [0.25, 0.3) is 0 Å². The summed E-state index contributed by atoms with van der Waals surface area (Å²) in [4.78, 5) is 20.8. The van der Waals surface area contributed by atoms with E-state index in [2.05, 4.69) is 31.3 Å². The molecule has 2 aliphatic carbocycles. The van der Waals surface area contributed by atoms with Gasteiger partial charge in [-0.3, -0.25) is 25.7 Å². The second-order valence-corrected chi connectivity index (χ2v) is 7.71. The van der Waals surface area contributed by atoms with Gasteiger partial charge in [-0.05, 0) is 43.1 Å². The Bertz CT molecular complexity index is 774. The van der Waals surface area contributed by atoms with Crippen molar-refractivity contribution in [1.82, 2.24) is 0 Å². The number of hydrazone groups is 1. The first-order chi connectivity index (χ1) is 11.7. The summed E-state index contributed by atoms with van der Waals surface area (Å²) in [5.74, 6) is 0.685. The Morgan fingerprint density at radius 1 is 1.16 bits per heavy atom. The maximum atomic E-state index is 11.2. The standard InChI is InChI=1S/C17H22N4O4/c1-16(2)11-4-7-15(17(16,3)9-8-11)19-18-13-6-5-12(20(22)23)10-14(13)21(24)25/h5-6,10-11,18H,4,7-9H2,1-3H3/t11-,17-/m0/s1. The summed E-state index contributed by atoms with van der Waals surface area (Å²) < 4.78 is 0. The molecular weight excluding hydrogens is 324 g/mol. The largest absolute Gasteiger partial charge is 0.301 e. The third kappa shape index (κ3) is 2.65. The number of hydrogen-bond acceptors (Lipinski definition) is 6. The highest BCUT2D eigenvalue weighted by molar-refractivity contribution is 5.92. The van der Waals surface area contributed by atoms with Gasteiger partial charge in [0.05, 0.1) is 15.9 Å². The van der Waals surface area contributed by atoms with Crippen molar-refractivity contribution in [2.45, 2.75) is 46.5 Å². The fraction of sp³-hybridized carbons (Fsp3) is 0.588. The van der Waals surface area contributed by atoms with Crippen LogP contribution in [0.1, 0.15) is 46.5 Å². The first-order valence-electron chi connectivity index (χ1n) is 8.43. The van der Waals surface area contributed by atoms with Crippen molar-refractivity contribution in [2.24, 2.45) is 21.8 Å². The Morgan fingerprint density at radius 3 is 2.52 bits per heavy atom. The zero-order chi connectivity index (χ0) is 18.4. The molecule has 0 saturated heterocycles. The van der Waals surface area contributed by atoms with E-state index in [-0.39, 0.29) is 27.9 Å². The lowest BCUT2D eigenvalue weighted by atomic mass is 9.58. The first kappa shape index (κ1) is 17.3. The van der Waals surface area contributed by atoms with Crippen molar-refractivity contribution in [3.05, 3.63) is 38.4 Å². The molecule has 0 unspecified atom stereocenters. The summed E-state index contributed by atoms with van der Waals surface area (Å²) in [5, 5.41) is 26.6. The van der Waals surface area contributed by atoms with E-state index in [4.69, 9.17) is 0 Å². The smallest absolute Gasteiger partial charge is 0.272 e. The molecule has 1 aromatic carbocycles. The van der Waals surface area contributed by atoms with E-state index in [0.717, 1.165) is 31.0 Å². The van der Waals surface area contributed by atoms with Crippen LogP contribution in [-0.4, -0.2) is 15.6 Å².